The summed E-state index contributed by atoms with van der Waals surface area (Å²) in [5.74, 6) is 0.689. The highest BCUT2D eigenvalue weighted by molar-refractivity contribution is 6.35. The van der Waals surface area contributed by atoms with E-state index < -0.39 is 0 Å². The Bertz CT molecular complexity index is 599. The molecule has 2 rings (SSSR count). The molecule has 0 bridgehead atoms. The van der Waals surface area contributed by atoms with Crippen LogP contribution in [0.15, 0.2) is 36.4 Å². The minimum Gasteiger partial charge on any atom is -0.487 e. The SMILES string of the molecule is CNCc1cc(Cl)cc(Cl)c1OCc1ccccc1C. The first-order valence-electron chi connectivity index (χ1n) is 6.41. The lowest BCUT2D eigenvalue weighted by Gasteiger charge is -2.14. The third kappa shape index (κ3) is 3.66. The van der Waals surface area contributed by atoms with Gasteiger partial charge in [0.1, 0.15) is 12.4 Å². The van der Waals surface area contributed by atoms with Gasteiger partial charge in [0.05, 0.1) is 5.02 Å². The van der Waals surface area contributed by atoms with E-state index in [9.17, 15) is 0 Å². The van der Waals surface area contributed by atoms with Crippen molar-refractivity contribution in [2.75, 3.05) is 7.05 Å². The van der Waals surface area contributed by atoms with Crippen LogP contribution < -0.4 is 10.1 Å². The van der Waals surface area contributed by atoms with Gasteiger partial charge < -0.3 is 10.1 Å². The molecular formula is C16H17Cl2NO. The average Bonchev–Trinajstić information content (AvgIpc) is 2.40. The Balaban J connectivity index is 2.22. The summed E-state index contributed by atoms with van der Waals surface area (Å²) in [6.45, 7) is 3.21. The summed E-state index contributed by atoms with van der Waals surface area (Å²) < 4.78 is 5.91. The minimum atomic E-state index is 0.491. The van der Waals surface area contributed by atoms with Gasteiger partial charge in [0.2, 0.25) is 0 Å². The second-order valence-corrected chi connectivity index (χ2v) is 5.46. The zero-order valence-electron chi connectivity index (χ0n) is 11.5. The second kappa shape index (κ2) is 6.98. The standard InChI is InChI=1S/C16H17Cl2NO/c1-11-5-3-4-6-12(11)10-20-16-13(9-19-2)7-14(17)8-15(16)18/h3-8,19H,9-10H2,1-2H3. The number of hydrogen-bond acceptors (Lipinski definition) is 2. The van der Waals surface area contributed by atoms with Gasteiger partial charge in [0.15, 0.2) is 0 Å². The molecule has 0 radical (unpaired) electrons. The van der Waals surface area contributed by atoms with Gasteiger partial charge in [-0.15, -0.1) is 0 Å². The number of benzene rings is 2. The van der Waals surface area contributed by atoms with Gasteiger partial charge in [0.25, 0.3) is 0 Å². The summed E-state index contributed by atoms with van der Waals surface area (Å²) in [6.07, 6.45) is 0. The molecule has 0 aromatic heterocycles. The Kier molecular flexibility index (Phi) is 5.30. The molecule has 2 aromatic rings. The fourth-order valence-corrected chi connectivity index (χ4v) is 2.61. The first kappa shape index (κ1) is 15.2. The van der Waals surface area contributed by atoms with Crippen molar-refractivity contribution in [3.05, 3.63) is 63.1 Å². The molecule has 0 saturated heterocycles. The molecule has 0 atom stereocenters. The summed E-state index contributed by atoms with van der Waals surface area (Å²) in [6, 6.07) is 11.7. The molecule has 106 valence electrons. The summed E-state index contributed by atoms with van der Waals surface area (Å²) in [7, 11) is 1.87. The molecule has 0 aliphatic heterocycles. The van der Waals surface area contributed by atoms with Crippen molar-refractivity contribution in [3.8, 4) is 5.75 Å². The maximum Gasteiger partial charge on any atom is 0.142 e. The monoisotopic (exact) mass is 309 g/mol. The van der Waals surface area contributed by atoms with Crippen molar-refractivity contribution in [2.45, 2.75) is 20.1 Å². The molecule has 0 amide bonds. The van der Waals surface area contributed by atoms with E-state index in [2.05, 4.69) is 24.4 Å². The van der Waals surface area contributed by atoms with Crippen LogP contribution in [0.4, 0.5) is 0 Å². The van der Waals surface area contributed by atoms with Gasteiger partial charge in [0, 0.05) is 17.1 Å². The maximum absolute atomic E-state index is 6.24. The first-order valence-corrected chi connectivity index (χ1v) is 7.17. The van der Waals surface area contributed by atoms with Gasteiger partial charge in [-0.05, 0) is 37.2 Å². The Hall–Kier alpha value is -1.22. The van der Waals surface area contributed by atoms with Crippen molar-refractivity contribution in [1.82, 2.24) is 5.32 Å². The molecule has 0 aliphatic rings. The summed E-state index contributed by atoms with van der Waals surface area (Å²) in [4.78, 5) is 0. The van der Waals surface area contributed by atoms with Gasteiger partial charge in [-0.2, -0.15) is 0 Å². The lowest BCUT2D eigenvalue weighted by atomic mass is 10.1. The van der Waals surface area contributed by atoms with Crippen molar-refractivity contribution in [2.24, 2.45) is 0 Å². The van der Waals surface area contributed by atoms with Crippen LogP contribution in [-0.4, -0.2) is 7.05 Å². The Morgan fingerprint density at radius 1 is 1.10 bits per heavy atom. The first-order chi connectivity index (χ1) is 9.61. The summed E-state index contributed by atoms with van der Waals surface area (Å²) in [5, 5.41) is 4.24. The number of aryl methyl sites for hydroxylation is 1. The van der Waals surface area contributed by atoms with Crippen molar-refractivity contribution in [1.29, 1.82) is 0 Å². The van der Waals surface area contributed by atoms with E-state index >= 15 is 0 Å². The van der Waals surface area contributed by atoms with Crippen LogP contribution >= 0.6 is 23.2 Å². The van der Waals surface area contributed by atoms with Crippen LogP contribution in [0.25, 0.3) is 0 Å². The van der Waals surface area contributed by atoms with Crippen LogP contribution in [-0.2, 0) is 13.2 Å². The van der Waals surface area contributed by atoms with Crippen LogP contribution in [0.5, 0.6) is 5.75 Å². The molecule has 1 N–H and O–H groups in total. The van der Waals surface area contributed by atoms with E-state index in [1.54, 1.807) is 6.07 Å². The number of nitrogens with one attached hydrogen (secondary N) is 1. The molecule has 20 heavy (non-hydrogen) atoms. The third-order valence-electron chi connectivity index (χ3n) is 3.09. The molecular weight excluding hydrogens is 293 g/mol. The number of rotatable bonds is 5. The second-order valence-electron chi connectivity index (χ2n) is 4.62. The smallest absolute Gasteiger partial charge is 0.142 e. The quantitative estimate of drug-likeness (QED) is 0.871. The summed E-state index contributed by atoms with van der Waals surface area (Å²) >= 11 is 12.3. The highest BCUT2D eigenvalue weighted by atomic mass is 35.5. The number of ether oxygens (including phenoxy) is 1. The molecule has 2 aromatic carbocycles. The van der Waals surface area contributed by atoms with Crippen LogP contribution in [0, 0.1) is 6.92 Å². The van der Waals surface area contributed by atoms with E-state index in [1.807, 2.05) is 25.2 Å². The summed E-state index contributed by atoms with van der Waals surface area (Å²) in [5.41, 5.74) is 3.31. The van der Waals surface area contributed by atoms with Crippen LogP contribution in [0.2, 0.25) is 10.0 Å². The van der Waals surface area contributed by atoms with Gasteiger partial charge in [-0.1, -0.05) is 47.5 Å². The van der Waals surface area contributed by atoms with E-state index in [-0.39, 0.29) is 0 Å². The van der Waals surface area contributed by atoms with Crippen molar-refractivity contribution in [3.63, 3.8) is 0 Å². The molecule has 4 heteroatoms. The number of hydrogen-bond donors (Lipinski definition) is 1. The van der Waals surface area contributed by atoms with Crippen molar-refractivity contribution >= 4 is 23.2 Å². The van der Waals surface area contributed by atoms with E-state index in [0.29, 0.717) is 28.9 Å². The fourth-order valence-electron chi connectivity index (χ4n) is 2.02. The molecule has 0 aliphatic carbocycles. The Labute approximate surface area is 129 Å². The molecule has 0 spiro atoms. The topological polar surface area (TPSA) is 21.3 Å². The lowest BCUT2D eigenvalue weighted by molar-refractivity contribution is 0.302. The van der Waals surface area contributed by atoms with Crippen LogP contribution in [0.1, 0.15) is 16.7 Å². The average molecular weight is 310 g/mol. The van der Waals surface area contributed by atoms with Crippen LogP contribution in [0.3, 0.4) is 0 Å². The molecule has 0 fully saturated rings. The predicted octanol–water partition coefficient (Wildman–Crippen LogP) is 4.60. The maximum atomic E-state index is 6.24. The molecule has 0 heterocycles. The minimum absolute atomic E-state index is 0.491. The van der Waals surface area contributed by atoms with Crippen molar-refractivity contribution < 1.29 is 4.74 Å². The van der Waals surface area contributed by atoms with E-state index in [1.165, 1.54) is 5.56 Å². The number of halogens is 2. The highest BCUT2D eigenvalue weighted by Crippen LogP contribution is 2.33. The zero-order chi connectivity index (χ0) is 14.5. The van der Waals surface area contributed by atoms with Gasteiger partial charge in [-0.25, -0.2) is 0 Å². The predicted molar refractivity (Wildman–Crippen MR) is 84.7 cm³/mol. The van der Waals surface area contributed by atoms with E-state index in [0.717, 1.165) is 11.1 Å². The largest absolute Gasteiger partial charge is 0.487 e. The van der Waals surface area contributed by atoms with E-state index in [4.69, 9.17) is 27.9 Å². The Morgan fingerprint density at radius 3 is 2.55 bits per heavy atom. The molecule has 0 unspecified atom stereocenters. The molecule has 2 nitrogen and oxygen atoms in total. The zero-order valence-corrected chi connectivity index (χ0v) is 13.1. The van der Waals surface area contributed by atoms with Gasteiger partial charge in [-0.3, -0.25) is 0 Å². The normalized spacial score (nSPS) is 10.6. The molecule has 0 saturated carbocycles. The van der Waals surface area contributed by atoms with Gasteiger partial charge >= 0.3 is 0 Å². The third-order valence-corrected chi connectivity index (χ3v) is 3.58. The lowest BCUT2D eigenvalue weighted by Crippen LogP contribution is -2.08. The fraction of sp³-hybridized carbons (Fsp3) is 0.250. The highest BCUT2D eigenvalue weighted by Gasteiger charge is 2.11. The Morgan fingerprint density at radius 2 is 1.85 bits per heavy atom.